The minimum Gasteiger partial charge on any atom is -0.352 e. The first-order valence-electron chi connectivity index (χ1n) is 13.1. The monoisotopic (exact) mass is 611 g/mol. The SMILES string of the molecule is Cc1cccc(CN(C(=O)CN(c2ccc(Br)cc2)S(=O)(=O)c2ccccc2)[C@H](C)C(=O)NC2CCCC2)c1. The largest absolute Gasteiger partial charge is 0.352 e. The number of rotatable bonds is 10. The van der Waals surface area contributed by atoms with E-state index >= 15 is 0 Å². The van der Waals surface area contributed by atoms with Gasteiger partial charge < -0.3 is 10.2 Å². The highest BCUT2D eigenvalue weighted by molar-refractivity contribution is 9.10. The highest BCUT2D eigenvalue weighted by Crippen LogP contribution is 2.26. The Balaban J connectivity index is 1.67. The van der Waals surface area contributed by atoms with Crippen LogP contribution in [-0.4, -0.2) is 43.8 Å². The average molecular weight is 613 g/mol. The summed E-state index contributed by atoms with van der Waals surface area (Å²) in [6.45, 7) is 3.40. The number of amides is 2. The Hall–Kier alpha value is -3.17. The van der Waals surface area contributed by atoms with Crippen LogP contribution in [0, 0.1) is 6.92 Å². The normalized spacial score (nSPS) is 14.5. The maximum Gasteiger partial charge on any atom is 0.264 e. The fourth-order valence-electron chi connectivity index (χ4n) is 4.84. The highest BCUT2D eigenvalue weighted by Gasteiger charge is 2.33. The van der Waals surface area contributed by atoms with Crippen molar-refractivity contribution in [1.82, 2.24) is 10.2 Å². The molecule has 0 heterocycles. The summed E-state index contributed by atoms with van der Waals surface area (Å²) >= 11 is 3.39. The summed E-state index contributed by atoms with van der Waals surface area (Å²) in [7, 11) is -4.07. The Morgan fingerprint density at radius 2 is 1.64 bits per heavy atom. The molecule has 0 unspecified atom stereocenters. The molecule has 0 aliphatic heterocycles. The van der Waals surface area contributed by atoms with Crippen molar-refractivity contribution in [1.29, 1.82) is 0 Å². The van der Waals surface area contributed by atoms with Gasteiger partial charge in [0.1, 0.15) is 12.6 Å². The second-order valence-corrected chi connectivity index (χ2v) is 12.8. The van der Waals surface area contributed by atoms with E-state index in [1.807, 2.05) is 31.2 Å². The standard InChI is InChI=1S/C30H34BrN3O4S/c1-22-9-8-10-24(19-22)20-33(23(2)30(36)32-26-11-6-7-12-26)29(35)21-34(27-17-15-25(31)16-18-27)39(37,38)28-13-4-3-5-14-28/h3-5,8-10,13-19,23,26H,6-7,11-12,20-21H2,1-2H3,(H,32,36)/t23-/m1/s1. The fourth-order valence-corrected chi connectivity index (χ4v) is 6.54. The summed E-state index contributed by atoms with van der Waals surface area (Å²) in [4.78, 5) is 28.8. The molecule has 2 amide bonds. The van der Waals surface area contributed by atoms with Crippen molar-refractivity contribution < 1.29 is 18.0 Å². The van der Waals surface area contributed by atoms with Crippen molar-refractivity contribution >= 4 is 43.5 Å². The maximum atomic E-state index is 14.0. The lowest BCUT2D eigenvalue weighted by atomic mass is 10.1. The van der Waals surface area contributed by atoms with Gasteiger partial charge in [-0.15, -0.1) is 0 Å². The van der Waals surface area contributed by atoms with Crippen LogP contribution >= 0.6 is 15.9 Å². The van der Waals surface area contributed by atoms with Gasteiger partial charge >= 0.3 is 0 Å². The third-order valence-corrected chi connectivity index (χ3v) is 9.35. The first-order valence-corrected chi connectivity index (χ1v) is 15.4. The van der Waals surface area contributed by atoms with E-state index in [-0.39, 0.29) is 23.4 Å². The fraction of sp³-hybridized carbons (Fsp3) is 0.333. The van der Waals surface area contributed by atoms with Crippen LogP contribution in [0.2, 0.25) is 0 Å². The predicted molar refractivity (Wildman–Crippen MR) is 157 cm³/mol. The molecule has 39 heavy (non-hydrogen) atoms. The number of hydrogen-bond acceptors (Lipinski definition) is 4. The topological polar surface area (TPSA) is 86.8 Å². The first-order chi connectivity index (χ1) is 18.6. The van der Waals surface area contributed by atoms with E-state index in [1.54, 1.807) is 49.4 Å². The van der Waals surface area contributed by atoms with E-state index in [0.717, 1.165) is 45.6 Å². The zero-order valence-corrected chi connectivity index (χ0v) is 24.6. The average Bonchev–Trinajstić information content (AvgIpc) is 3.44. The Bertz CT molecular complexity index is 1390. The predicted octanol–water partition coefficient (Wildman–Crippen LogP) is 5.43. The number of anilines is 1. The van der Waals surface area contributed by atoms with E-state index in [2.05, 4.69) is 21.2 Å². The molecule has 3 aromatic carbocycles. The molecule has 0 bridgehead atoms. The number of nitrogens with zero attached hydrogens (tertiary/aromatic N) is 2. The molecular formula is C30H34BrN3O4S. The molecule has 1 aliphatic carbocycles. The Morgan fingerprint density at radius 1 is 0.974 bits per heavy atom. The molecule has 9 heteroatoms. The summed E-state index contributed by atoms with van der Waals surface area (Å²) in [6, 6.07) is 21.9. The van der Waals surface area contributed by atoms with Crippen LogP contribution in [0.15, 0.2) is 88.2 Å². The van der Waals surface area contributed by atoms with Gasteiger partial charge in [0.15, 0.2) is 0 Å². The van der Waals surface area contributed by atoms with Gasteiger partial charge in [0, 0.05) is 17.1 Å². The summed E-state index contributed by atoms with van der Waals surface area (Å²) in [5.74, 6) is -0.697. The summed E-state index contributed by atoms with van der Waals surface area (Å²) in [5.41, 5.74) is 2.25. The number of halogens is 1. The number of sulfonamides is 1. The van der Waals surface area contributed by atoms with Crippen molar-refractivity contribution in [2.45, 2.75) is 63.1 Å². The number of benzene rings is 3. The Morgan fingerprint density at radius 3 is 2.28 bits per heavy atom. The smallest absolute Gasteiger partial charge is 0.264 e. The lowest BCUT2D eigenvalue weighted by Gasteiger charge is -2.32. The van der Waals surface area contributed by atoms with Gasteiger partial charge in [-0.2, -0.15) is 0 Å². The van der Waals surface area contributed by atoms with Crippen LogP contribution in [0.4, 0.5) is 5.69 Å². The van der Waals surface area contributed by atoms with Crippen molar-refractivity contribution in [2.75, 3.05) is 10.8 Å². The van der Waals surface area contributed by atoms with Crippen molar-refractivity contribution in [3.63, 3.8) is 0 Å². The van der Waals surface area contributed by atoms with Crippen molar-refractivity contribution in [2.24, 2.45) is 0 Å². The molecule has 1 saturated carbocycles. The van der Waals surface area contributed by atoms with E-state index in [1.165, 1.54) is 17.0 Å². The van der Waals surface area contributed by atoms with Crippen LogP contribution in [0.1, 0.15) is 43.7 Å². The van der Waals surface area contributed by atoms with E-state index in [9.17, 15) is 18.0 Å². The zero-order chi connectivity index (χ0) is 28.0. The summed E-state index contributed by atoms with van der Waals surface area (Å²) in [5, 5.41) is 3.09. The van der Waals surface area contributed by atoms with E-state index in [4.69, 9.17) is 0 Å². The van der Waals surface area contributed by atoms with E-state index < -0.39 is 28.5 Å². The third-order valence-electron chi connectivity index (χ3n) is 7.03. The quantitative estimate of drug-likeness (QED) is 0.331. The van der Waals surface area contributed by atoms with Crippen molar-refractivity contribution in [3.8, 4) is 0 Å². The minimum atomic E-state index is -4.07. The maximum absolute atomic E-state index is 14.0. The Kier molecular flexibility index (Phi) is 9.45. The summed E-state index contributed by atoms with van der Waals surface area (Å²) in [6.07, 6.45) is 4.00. The van der Waals surface area contributed by atoms with Crippen LogP contribution in [0.5, 0.6) is 0 Å². The summed E-state index contributed by atoms with van der Waals surface area (Å²) < 4.78 is 29.5. The second kappa shape index (κ2) is 12.8. The number of aryl methyl sites for hydroxylation is 1. The van der Waals surface area contributed by atoms with Gasteiger partial charge in [-0.1, -0.05) is 76.8 Å². The molecule has 0 saturated heterocycles. The molecule has 4 rings (SSSR count). The number of carbonyl (C=O) groups excluding carboxylic acids is 2. The molecule has 0 aromatic heterocycles. The number of nitrogens with one attached hydrogen (secondary N) is 1. The molecule has 1 aliphatic rings. The van der Waals surface area contributed by atoms with E-state index in [0.29, 0.717) is 5.69 Å². The van der Waals surface area contributed by atoms with Gasteiger partial charge in [0.2, 0.25) is 11.8 Å². The lowest BCUT2D eigenvalue weighted by Crippen LogP contribution is -2.52. The van der Waals surface area contributed by atoms with Gasteiger partial charge in [-0.25, -0.2) is 8.42 Å². The minimum absolute atomic E-state index is 0.0815. The molecular weight excluding hydrogens is 578 g/mol. The number of carbonyl (C=O) groups is 2. The molecule has 3 aromatic rings. The lowest BCUT2D eigenvalue weighted by molar-refractivity contribution is -0.139. The van der Waals surface area contributed by atoms with Crippen LogP contribution in [0.3, 0.4) is 0 Å². The molecule has 7 nitrogen and oxygen atoms in total. The van der Waals surface area contributed by atoms with Gasteiger partial charge in [-0.05, 0) is 68.7 Å². The molecule has 0 radical (unpaired) electrons. The highest BCUT2D eigenvalue weighted by atomic mass is 79.9. The van der Waals surface area contributed by atoms with Crippen molar-refractivity contribution in [3.05, 3.63) is 94.5 Å². The Labute approximate surface area is 239 Å². The van der Waals surface area contributed by atoms with Gasteiger partial charge in [-0.3, -0.25) is 13.9 Å². The van der Waals surface area contributed by atoms with Gasteiger partial charge in [0.05, 0.1) is 10.6 Å². The molecule has 0 spiro atoms. The van der Waals surface area contributed by atoms with Gasteiger partial charge in [0.25, 0.3) is 10.0 Å². The van der Waals surface area contributed by atoms with Crippen LogP contribution in [0.25, 0.3) is 0 Å². The molecule has 1 fully saturated rings. The molecule has 1 atom stereocenters. The number of hydrogen-bond donors (Lipinski definition) is 1. The van der Waals surface area contributed by atoms with Crippen LogP contribution in [-0.2, 0) is 26.2 Å². The van der Waals surface area contributed by atoms with Crippen LogP contribution < -0.4 is 9.62 Å². The second-order valence-electron chi connectivity index (χ2n) is 9.98. The molecule has 1 N–H and O–H groups in total. The first kappa shape index (κ1) is 28.8. The third kappa shape index (κ3) is 7.28. The molecule has 206 valence electrons. The zero-order valence-electron chi connectivity index (χ0n) is 22.2.